The normalized spacial score (nSPS) is 18.6. The van der Waals surface area contributed by atoms with Crippen LogP contribution in [0.2, 0.25) is 0 Å². The standard InChI is InChI=1S/C18H30N2O2/c1-4-19-9-11-20(12-10-19)13-16(21)14-22-18-8-6-5-7-17(18)15(2)3/h5-8,15-16,21H,4,9-14H2,1-3H3. The highest BCUT2D eigenvalue weighted by atomic mass is 16.5. The quantitative estimate of drug-likeness (QED) is 0.838. The molecule has 1 aromatic carbocycles. The van der Waals surface area contributed by atoms with E-state index in [1.54, 1.807) is 0 Å². The third-order valence-electron chi connectivity index (χ3n) is 4.35. The number of aliphatic hydroxyl groups is 1. The molecule has 1 aromatic rings. The molecule has 22 heavy (non-hydrogen) atoms. The van der Waals surface area contributed by atoms with E-state index in [9.17, 15) is 5.11 Å². The summed E-state index contributed by atoms with van der Waals surface area (Å²) in [5.41, 5.74) is 1.20. The molecule has 1 saturated heterocycles. The van der Waals surface area contributed by atoms with Gasteiger partial charge in [-0.3, -0.25) is 4.90 Å². The fourth-order valence-electron chi connectivity index (χ4n) is 2.91. The zero-order valence-corrected chi connectivity index (χ0v) is 14.2. The van der Waals surface area contributed by atoms with E-state index >= 15 is 0 Å². The first-order chi connectivity index (χ1) is 10.6. The van der Waals surface area contributed by atoms with Gasteiger partial charge >= 0.3 is 0 Å². The van der Waals surface area contributed by atoms with Crippen molar-refractivity contribution < 1.29 is 9.84 Å². The number of piperazine rings is 1. The molecule has 0 spiro atoms. The molecule has 0 radical (unpaired) electrons. The lowest BCUT2D eigenvalue weighted by Gasteiger charge is -2.34. The molecule has 1 heterocycles. The van der Waals surface area contributed by atoms with Crippen LogP contribution in [0.25, 0.3) is 0 Å². The Morgan fingerprint density at radius 2 is 1.73 bits per heavy atom. The van der Waals surface area contributed by atoms with Crippen molar-refractivity contribution in [3.63, 3.8) is 0 Å². The number of nitrogens with zero attached hydrogens (tertiary/aromatic N) is 2. The predicted molar refractivity (Wildman–Crippen MR) is 90.6 cm³/mol. The molecule has 1 atom stereocenters. The average molecular weight is 306 g/mol. The van der Waals surface area contributed by atoms with Gasteiger partial charge in [-0.25, -0.2) is 0 Å². The number of benzene rings is 1. The van der Waals surface area contributed by atoms with Crippen molar-refractivity contribution in [1.82, 2.24) is 9.80 Å². The van der Waals surface area contributed by atoms with Gasteiger partial charge in [0, 0.05) is 32.7 Å². The molecule has 2 rings (SSSR count). The average Bonchev–Trinajstić information content (AvgIpc) is 2.54. The first-order valence-corrected chi connectivity index (χ1v) is 8.44. The molecule has 1 fully saturated rings. The summed E-state index contributed by atoms with van der Waals surface area (Å²) in [6.45, 7) is 13.0. The number of aliphatic hydroxyl groups excluding tert-OH is 1. The minimum Gasteiger partial charge on any atom is -0.491 e. The molecule has 0 amide bonds. The van der Waals surface area contributed by atoms with Crippen LogP contribution in [0.15, 0.2) is 24.3 Å². The van der Waals surface area contributed by atoms with Crippen LogP contribution in [0.3, 0.4) is 0 Å². The number of likely N-dealkylation sites (N-methyl/N-ethyl adjacent to an activating group) is 1. The van der Waals surface area contributed by atoms with Crippen molar-refractivity contribution in [3.05, 3.63) is 29.8 Å². The second kappa shape index (κ2) is 8.51. The molecule has 1 aliphatic rings. The van der Waals surface area contributed by atoms with Crippen LogP contribution in [0.4, 0.5) is 0 Å². The number of ether oxygens (including phenoxy) is 1. The highest BCUT2D eigenvalue weighted by Crippen LogP contribution is 2.25. The van der Waals surface area contributed by atoms with Crippen LogP contribution in [0, 0.1) is 0 Å². The minimum absolute atomic E-state index is 0.359. The Kier molecular flexibility index (Phi) is 6.68. The van der Waals surface area contributed by atoms with E-state index in [1.807, 2.05) is 18.2 Å². The number of rotatable bonds is 7. The van der Waals surface area contributed by atoms with Gasteiger partial charge in [0.05, 0.1) is 0 Å². The van der Waals surface area contributed by atoms with Crippen LogP contribution < -0.4 is 4.74 Å². The van der Waals surface area contributed by atoms with Crippen molar-refractivity contribution in [3.8, 4) is 5.75 Å². The fourth-order valence-corrected chi connectivity index (χ4v) is 2.91. The molecule has 1 N–H and O–H groups in total. The number of β-amino-alcohol motifs (C(OH)–C–C–N with tert-alkyl or cyclic N) is 1. The largest absolute Gasteiger partial charge is 0.491 e. The molecular weight excluding hydrogens is 276 g/mol. The van der Waals surface area contributed by atoms with Gasteiger partial charge in [0.1, 0.15) is 18.5 Å². The van der Waals surface area contributed by atoms with E-state index in [-0.39, 0.29) is 0 Å². The molecule has 1 unspecified atom stereocenters. The molecule has 1 aliphatic heterocycles. The summed E-state index contributed by atoms with van der Waals surface area (Å²) in [7, 11) is 0. The summed E-state index contributed by atoms with van der Waals surface area (Å²) in [6.07, 6.45) is -0.437. The topological polar surface area (TPSA) is 35.9 Å². The Morgan fingerprint density at radius 3 is 2.36 bits per heavy atom. The number of hydrogen-bond acceptors (Lipinski definition) is 4. The maximum absolute atomic E-state index is 10.2. The molecule has 0 aromatic heterocycles. The highest BCUT2D eigenvalue weighted by Gasteiger charge is 2.18. The Bertz CT molecular complexity index is 442. The van der Waals surface area contributed by atoms with Gasteiger partial charge in [0.25, 0.3) is 0 Å². The lowest BCUT2D eigenvalue weighted by Crippen LogP contribution is -2.49. The van der Waals surface area contributed by atoms with Crippen LogP contribution >= 0.6 is 0 Å². The van der Waals surface area contributed by atoms with E-state index in [0.29, 0.717) is 19.1 Å². The molecule has 0 aliphatic carbocycles. The van der Waals surface area contributed by atoms with Crippen molar-refractivity contribution in [2.24, 2.45) is 0 Å². The molecule has 0 bridgehead atoms. The van der Waals surface area contributed by atoms with Gasteiger partial charge in [0.15, 0.2) is 0 Å². The Morgan fingerprint density at radius 1 is 1.09 bits per heavy atom. The van der Waals surface area contributed by atoms with Crippen molar-refractivity contribution in [2.75, 3.05) is 45.9 Å². The zero-order chi connectivity index (χ0) is 15.9. The van der Waals surface area contributed by atoms with Crippen molar-refractivity contribution in [2.45, 2.75) is 32.8 Å². The highest BCUT2D eigenvalue weighted by molar-refractivity contribution is 5.35. The van der Waals surface area contributed by atoms with Crippen LogP contribution in [-0.4, -0.2) is 66.9 Å². The third kappa shape index (κ3) is 4.97. The van der Waals surface area contributed by atoms with Gasteiger partial charge in [0.2, 0.25) is 0 Å². The smallest absolute Gasteiger partial charge is 0.122 e. The maximum Gasteiger partial charge on any atom is 0.122 e. The van der Waals surface area contributed by atoms with E-state index in [4.69, 9.17) is 4.74 Å². The summed E-state index contributed by atoms with van der Waals surface area (Å²) in [5, 5.41) is 10.2. The Labute approximate surface area is 134 Å². The van der Waals surface area contributed by atoms with Gasteiger partial charge in [-0.15, -0.1) is 0 Å². The van der Waals surface area contributed by atoms with Crippen LogP contribution in [0.5, 0.6) is 5.75 Å². The van der Waals surface area contributed by atoms with Gasteiger partial charge in [-0.2, -0.15) is 0 Å². The first kappa shape index (κ1) is 17.3. The second-order valence-electron chi connectivity index (χ2n) is 6.39. The second-order valence-corrected chi connectivity index (χ2v) is 6.39. The Balaban J connectivity index is 1.77. The SMILES string of the molecule is CCN1CCN(CC(O)COc2ccccc2C(C)C)CC1. The zero-order valence-electron chi connectivity index (χ0n) is 14.2. The van der Waals surface area contributed by atoms with E-state index in [1.165, 1.54) is 5.56 Å². The fraction of sp³-hybridized carbons (Fsp3) is 0.667. The summed E-state index contributed by atoms with van der Waals surface area (Å²) in [6, 6.07) is 8.10. The lowest BCUT2D eigenvalue weighted by atomic mass is 10.0. The summed E-state index contributed by atoms with van der Waals surface area (Å²) in [5.74, 6) is 1.32. The number of hydrogen-bond donors (Lipinski definition) is 1. The molecule has 124 valence electrons. The van der Waals surface area contributed by atoms with E-state index in [0.717, 1.165) is 38.5 Å². The predicted octanol–water partition coefficient (Wildman–Crippen LogP) is 2.19. The number of para-hydroxylation sites is 1. The molecule has 4 nitrogen and oxygen atoms in total. The van der Waals surface area contributed by atoms with Crippen LogP contribution in [-0.2, 0) is 0 Å². The molecule has 0 saturated carbocycles. The van der Waals surface area contributed by atoms with Crippen LogP contribution in [0.1, 0.15) is 32.3 Å². The van der Waals surface area contributed by atoms with Crippen molar-refractivity contribution >= 4 is 0 Å². The minimum atomic E-state index is -0.437. The summed E-state index contributed by atoms with van der Waals surface area (Å²) >= 11 is 0. The van der Waals surface area contributed by atoms with Crippen molar-refractivity contribution in [1.29, 1.82) is 0 Å². The van der Waals surface area contributed by atoms with E-state index in [2.05, 4.69) is 36.6 Å². The molecule has 4 heteroatoms. The monoisotopic (exact) mass is 306 g/mol. The van der Waals surface area contributed by atoms with Gasteiger partial charge in [-0.1, -0.05) is 39.0 Å². The maximum atomic E-state index is 10.2. The third-order valence-corrected chi connectivity index (χ3v) is 4.35. The molecular formula is C18H30N2O2. The Hall–Kier alpha value is -1.10. The lowest BCUT2D eigenvalue weighted by molar-refractivity contribution is 0.0468. The van der Waals surface area contributed by atoms with E-state index < -0.39 is 6.10 Å². The van der Waals surface area contributed by atoms with Gasteiger partial charge < -0.3 is 14.7 Å². The first-order valence-electron chi connectivity index (χ1n) is 8.44. The summed E-state index contributed by atoms with van der Waals surface area (Å²) < 4.78 is 5.86. The summed E-state index contributed by atoms with van der Waals surface area (Å²) in [4.78, 5) is 4.77. The van der Waals surface area contributed by atoms with Gasteiger partial charge in [-0.05, 0) is 24.1 Å².